The molecule has 106 valence electrons. The highest BCUT2D eigenvalue weighted by molar-refractivity contribution is 6.30. The van der Waals surface area contributed by atoms with Crippen LogP contribution in [-0.4, -0.2) is 18.2 Å². The molecule has 0 atom stereocenters. The summed E-state index contributed by atoms with van der Waals surface area (Å²) in [4.78, 5) is 4.00. The molecule has 0 amide bonds. The molecule has 0 bridgehead atoms. The highest BCUT2D eigenvalue weighted by atomic mass is 35.5. The molecular weight excluding hydrogens is 274 g/mol. The average Bonchev–Trinajstić information content (AvgIpc) is 2.47. The van der Waals surface area contributed by atoms with Crippen molar-refractivity contribution in [3.05, 3.63) is 53.8 Å². The smallest absolute Gasteiger partial charge is 0.137 e. The van der Waals surface area contributed by atoms with Crippen molar-refractivity contribution in [1.82, 2.24) is 4.98 Å². The third-order valence-corrected chi connectivity index (χ3v) is 2.99. The number of halogens is 1. The number of aromatic nitrogens is 1. The molecule has 0 N–H and O–H groups in total. The van der Waals surface area contributed by atoms with Gasteiger partial charge in [0.2, 0.25) is 0 Å². The van der Waals surface area contributed by atoms with Gasteiger partial charge < -0.3 is 9.47 Å². The van der Waals surface area contributed by atoms with E-state index < -0.39 is 0 Å². The minimum absolute atomic E-state index is 0.701. The Morgan fingerprint density at radius 1 is 0.900 bits per heavy atom. The number of nitrogens with zero attached hydrogens (tertiary/aromatic N) is 1. The summed E-state index contributed by atoms with van der Waals surface area (Å²) < 4.78 is 11.2. The van der Waals surface area contributed by atoms with Crippen LogP contribution in [0.5, 0.6) is 11.5 Å². The first kappa shape index (κ1) is 14.7. The Bertz CT molecular complexity index is 505. The van der Waals surface area contributed by atoms with Crippen LogP contribution in [0.2, 0.25) is 5.02 Å². The van der Waals surface area contributed by atoms with Crippen LogP contribution in [-0.2, 0) is 0 Å². The van der Waals surface area contributed by atoms with Crippen LogP contribution >= 0.6 is 11.6 Å². The van der Waals surface area contributed by atoms with Gasteiger partial charge in [0.1, 0.15) is 11.5 Å². The van der Waals surface area contributed by atoms with Gasteiger partial charge in [-0.3, -0.25) is 4.98 Å². The van der Waals surface area contributed by atoms with Crippen LogP contribution < -0.4 is 9.47 Å². The fourth-order valence-electron chi connectivity index (χ4n) is 1.75. The Balaban J connectivity index is 1.52. The molecule has 0 aliphatic rings. The van der Waals surface area contributed by atoms with Crippen LogP contribution in [0.3, 0.4) is 0 Å². The lowest BCUT2D eigenvalue weighted by molar-refractivity contribution is 0.279. The van der Waals surface area contributed by atoms with Crippen molar-refractivity contribution < 1.29 is 9.47 Å². The number of rotatable bonds is 8. The first-order chi connectivity index (χ1) is 9.84. The normalized spacial score (nSPS) is 10.2. The van der Waals surface area contributed by atoms with Gasteiger partial charge in [-0.2, -0.15) is 0 Å². The number of benzene rings is 1. The Kier molecular flexibility index (Phi) is 6.18. The van der Waals surface area contributed by atoms with Gasteiger partial charge in [0.05, 0.1) is 19.4 Å². The average molecular weight is 292 g/mol. The van der Waals surface area contributed by atoms with Gasteiger partial charge in [-0.1, -0.05) is 17.7 Å². The number of unbranched alkanes of at least 4 members (excludes halogenated alkanes) is 2. The molecular formula is C16H18ClNO2. The van der Waals surface area contributed by atoms with Gasteiger partial charge >= 0.3 is 0 Å². The number of hydrogen-bond donors (Lipinski definition) is 0. The first-order valence-corrected chi connectivity index (χ1v) is 7.13. The molecule has 0 aliphatic carbocycles. The van der Waals surface area contributed by atoms with Gasteiger partial charge in [-0.05, 0) is 49.6 Å². The van der Waals surface area contributed by atoms with E-state index >= 15 is 0 Å². The van der Waals surface area contributed by atoms with Crippen molar-refractivity contribution in [2.45, 2.75) is 19.3 Å². The molecule has 3 nitrogen and oxygen atoms in total. The molecule has 1 aromatic heterocycles. The maximum Gasteiger partial charge on any atom is 0.137 e. The maximum atomic E-state index is 5.88. The second kappa shape index (κ2) is 8.43. The maximum absolute atomic E-state index is 5.88. The van der Waals surface area contributed by atoms with Gasteiger partial charge in [0.15, 0.2) is 0 Å². The SMILES string of the molecule is Clc1cccc(OCCCCCOc2cccnc2)c1. The fraction of sp³-hybridized carbons (Fsp3) is 0.312. The van der Waals surface area contributed by atoms with Crippen LogP contribution in [0, 0.1) is 0 Å². The van der Waals surface area contributed by atoms with Gasteiger partial charge in [0.25, 0.3) is 0 Å². The molecule has 0 aliphatic heterocycles. The van der Waals surface area contributed by atoms with E-state index in [1.807, 2.05) is 36.4 Å². The quantitative estimate of drug-likeness (QED) is 0.677. The van der Waals surface area contributed by atoms with Crippen molar-refractivity contribution in [3.8, 4) is 11.5 Å². The summed E-state index contributed by atoms with van der Waals surface area (Å²) in [5.74, 6) is 1.65. The van der Waals surface area contributed by atoms with Gasteiger partial charge in [-0.15, -0.1) is 0 Å². The van der Waals surface area contributed by atoms with E-state index in [0.717, 1.165) is 30.8 Å². The molecule has 0 unspecified atom stereocenters. The van der Waals surface area contributed by atoms with Crippen molar-refractivity contribution in [1.29, 1.82) is 0 Å². The van der Waals surface area contributed by atoms with Gasteiger partial charge in [0, 0.05) is 11.2 Å². The van der Waals surface area contributed by atoms with Crippen molar-refractivity contribution >= 4 is 11.6 Å². The lowest BCUT2D eigenvalue weighted by Crippen LogP contribution is -2.01. The minimum Gasteiger partial charge on any atom is -0.494 e. The highest BCUT2D eigenvalue weighted by Gasteiger charge is 1.96. The molecule has 0 spiro atoms. The van der Waals surface area contributed by atoms with E-state index in [4.69, 9.17) is 21.1 Å². The Hall–Kier alpha value is -1.74. The Labute approximate surface area is 124 Å². The second-order valence-corrected chi connectivity index (χ2v) is 4.84. The number of ether oxygens (including phenoxy) is 2. The zero-order valence-corrected chi connectivity index (χ0v) is 12.1. The van der Waals surface area contributed by atoms with Crippen LogP contribution in [0.15, 0.2) is 48.8 Å². The molecule has 0 radical (unpaired) electrons. The minimum atomic E-state index is 0.701. The lowest BCUT2D eigenvalue weighted by Gasteiger charge is -2.07. The van der Waals surface area contributed by atoms with Crippen LogP contribution in [0.4, 0.5) is 0 Å². The van der Waals surface area contributed by atoms with E-state index in [-0.39, 0.29) is 0 Å². The largest absolute Gasteiger partial charge is 0.494 e. The predicted octanol–water partition coefficient (Wildman–Crippen LogP) is 4.36. The Morgan fingerprint density at radius 2 is 1.65 bits per heavy atom. The molecule has 0 fully saturated rings. The van der Waals surface area contributed by atoms with Crippen molar-refractivity contribution in [2.75, 3.05) is 13.2 Å². The summed E-state index contributed by atoms with van der Waals surface area (Å²) >= 11 is 5.88. The highest BCUT2D eigenvalue weighted by Crippen LogP contribution is 2.17. The number of pyridine rings is 1. The fourth-order valence-corrected chi connectivity index (χ4v) is 1.93. The molecule has 2 rings (SSSR count). The molecule has 1 aromatic carbocycles. The van der Waals surface area contributed by atoms with E-state index in [1.165, 1.54) is 0 Å². The summed E-state index contributed by atoms with van der Waals surface area (Å²) in [5.41, 5.74) is 0. The lowest BCUT2D eigenvalue weighted by atomic mass is 10.2. The summed E-state index contributed by atoms with van der Waals surface area (Å²) in [6.07, 6.45) is 6.54. The monoisotopic (exact) mass is 291 g/mol. The molecule has 4 heteroatoms. The zero-order chi connectivity index (χ0) is 14.0. The van der Waals surface area contributed by atoms with Crippen LogP contribution in [0.1, 0.15) is 19.3 Å². The van der Waals surface area contributed by atoms with Crippen molar-refractivity contribution in [2.24, 2.45) is 0 Å². The first-order valence-electron chi connectivity index (χ1n) is 6.76. The summed E-state index contributed by atoms with van der Waals surface area (Å²) in [7, 11) is 0. The van der Waals surface area contributed by atoms with Gasteiger partial charge in [-0.25, -0.2) is 0 Å². The summed E-state index contributed by atoms with van der Waals surface area (Å²) in [5, 5.41) is 0.701. The standard InChI is InChI=1S/C16H18ClNO2/c17-14-6-4-7-15(12-14)19-10-2-1-3-11-20-16-8-5-9-18-13-16/h4-9,12-13H,1-3,10-11H2. The predicted molar refractivity (Wildman–Crippen MR) is 80.5 cm³/mol. The van der Waals surface area contributed by atoms with Crippen molar-refractivity contribution in [3.63, 3.8) is 0 Å². The number of hydrogen-bond acceptors (Lipinski definition) is 3. The topological polar surface area (TPSA) is 31.4 Å². The Morgan fingerprint density at radius 3 is 2.35 bits per heavy atom. The summed E-state index contributed by atoms with van der Waals surface area (Å²) in [6, 6.07) is 11.2. The summed E-state index contributed by atoms with van der Waals surface area (Å²) in [6.45, 7) is 1.41. The van der Waals surface area contributed by atoms with Crippen LogP contribution in [0.25, 0.3) is 0 Å². The molecule has 20 heavy (non-hydrogen) atoms. The molecule has 0 saturated heterocycles. The molecule has 1 heterocycles. The third-order valence-electron chi connectivity index (χ3n) is 2.76. The van der Waals surface area contributed by atoms with E-state index in [1.54, 1.807) is 12.4 Å². The van der Waals surface area contributed by atoms with E-state index in [2.05, 4.69) is 4.98 Å². The third kappa shape index (κ3) is 5.49. The van der Waals surface area contributed by atoms with E-state index in [0.29, 0.717) is 18.2 Å². The second-order valence-electron chi connectivity index (χ2n) is 4.40. The zero-order valence-electron chi connectivity index (χ0n) is 11.3. The molecule has 2 aromatic rings. The van der Waals surface area contributed by atoms with E-state index in [9.17, 15) is 0 Å². The molecule has 0 saturated carbocycles.